The van der Waals surface area contributed by atoms with Crippen LogP contribution in [-0.4, -0.2) is 23.0 Å². The van der Waals surface area contributed by atoms with Gasteiger partial charge in [-0.3, -0.25) is 0 Å². The van der Waals surface area contributed by atoms with Gasteiger partial charge in [-0.2, -0.15) is 0 Å². The summed E-state index contributed by atoms with van der Waals surface area (Å²) in [6.45, 7) is 5.56. The summed E-state index contributed by atoms with van der Waals surface area (Å²) in [5, 5.41) is 11.1. The predicted molar refractivity (Wildman–Crippen MR) is 89.8 cm³/mol. The average Bonchev–Trinajstić information content (AvgIpc) is 2.49. The van der Waals surface area contributed by atoms with Crippen LogP contribution in [0.4, 0.5) is 0 Å². The second-order valence-corrected chi connectivity index (χ2v) is 6.24. The van der Waals surface area contributed by atoms with E-state index in [-0.39, 0.29) is 53.9 Å². The van der Waals surface area contributed by atoms with E-state index in [1.165, 1.54) is 6.21 Å². The van der Waals surface area contributed by atoms with Crippen LogP contribution in [0.3, 0.4) is 0 Å². The lowest BCUT2D eigenvalue weighted by molar-refractivity contribution is -0.672. The molecule has 0 amide bonds. The highest BCUT2D eigenvalue weighted by molar-refractivity contribution is 5.89. The third kappa shape index (κ3) is 10.6. The molecule has 1 N–H and O–H groups in total. The minimum absolute atomic E-state index is 0. The Balaban J connectivity index is 0. The SMILES string of the molecule is C[n+]1ccc(C(=O)OC(C)(C)C)cc1.C[n+]1ccccc1C=NO.[I-].[I-]. The van der Waals surface area contributed by atoms with Gasteiger partial charge in [0.15, 0.2) is 18.6 Å². The number of rotatable bonds is 2. The minimum Gasteiger partial charge on any atom is -1.00 e. The molecule has 0 aliphatic carbocycles. The maximum absolute atomic E-state index is 11.5. The number of halogens is 2. The molecule has 144 valence electrons. The van der Waals surface area contributed by atoms with Crippen molar-refractivity contribution in [1.29, 1.82) is 0 Å². The Morgan fingerprint density at radius 1 is 1.08 bits per heavy atom. The number of ether oxygens (including phenoxy) is 1. The normalized spacial score (nSPS) is 10.0. The van der Waals surface area contributed by atoms with Crippen LogP contribution in [0.1, 0.15) is 36.8 Å². The summed E-state index contributed by atoms with van der Waals surface area (Å²) in [5.74, 6) is -0.280. The van der Waals surface area contributed by atoms with E-state index in [4.69, 9.17) is 9.94 Å². The van der Waals surface area contributed by atoms with E-state index in [0.717, 1.165) is 5.69 Å². The molecule has 26 heavy (non-hydrogen) atoms. The number of hydrogen-bond donors (Lipinski definition) is 1. The van der Waals surface area contributed by atoms with Crippen molar-refractivity contribution in [2.45, 2.75) is 26.4 Å². The largest absolute Gasteiger partial charge is 1.00 e. The average molecular weight is 585 g/mol. The lowest BCUT2D eigenvalue weighted by Gasteiger charge is -2.19. The molecule has 0 aromatic carbocycles. The molecule has 0 fully saturated rings. The first kappa shape index (κ1) is 26.9. The van der Waals surface area contributed by atoms with Crippen LogP contribution in [0.5, 0.6) is 0 Å². The van der Waals surface area contributed by atoms with Crippen molar-refractivity contribution in [3.8, 4) is 0 Å². The van der Waals surface area contributed by atoms with Crippen LogP contribution in [-0.2, 0) is 18.8 Å². The fraction of sp³-hybridized carbons (Fsp3) is 0.333. The summed E-state index contributed by atoms with van der Waals surface area (Å²) in [4.78, 5) is 11.5. The van der Waals surface area contributed by atoms with E-state index in [0.29, 0.717) is 5.56 Å². The molecule has 2 aromatic rings. The zero-order valence-corrected chi connectivity index (χ0v) is 19.9. The highest BCUT2D eigenvalue weighted by atomic mass is 127. The van der Waals surface area contributed by atoms with Gasteiger partial charge < -0.3 is 57.9 Å². The molecule has 0 atom stereocenters. The lowest BCUT2D eigenvalue weighted by atomic mass is 10.2. The summed E-state index contributed by atoms with van der Waals surface area (Å²) in [6, 6.07) is 9.15. The molecular formula is C18H25I2N3O3. The summed E-state index contributed by atoms with van der Waals surface area (Å²) < 4.78 is 8.95. The molecule has 0 saturated carbocycles. The van der Waals surface area contributed by atoms with Gasteiger partial charge in [-0.25, -0.2) is 13.9 Å². The van der Waals surface area contributed by atoms with Crippen LogP contribution in [0.25, 0.3) is 0 Å². The molecule has 8 heteroatoms. The van der Waals surface area contributed by atoms with E-state index in [2.05, 4.69) is 5.16 Å². The Bertz CT molecular complexity index is 700. The van der Waals surface area contributed by atoms with Crippen LogP contribution < -0.4 is 57.1 Å². The molecule has 0 bridgehead atoms. The number of carbonyl (C=O) groups excluding carboxylic acids is 1. The smallest absolute Gasteiger partial charge is 0.339 e. The topological polar surface area (TPSA) is 66.7 Å². The number of hydrogen-bond acceptors (Lipinski definition) is 4. The van der Waals surface area contributed by atoms with Crippen molar-refractivity contribution in [3.05, 3.63) is 60.2 Å². The Labute approximate surface area is 188 Å². The molecule has 0 unspecified atom stereocenters. The summed E-state index contributed by atoms with van der Waals surface area (Å²) in [7, 11) is 3.79. The zero-order valence-electron chi connectivity index (χ0n) is 15.6. The van der Waals surface area contributed by atoms with Crippen molar-refractivity contribution in [2.75, 3.05) is 0 Å². The Morgan fingerprint density at radius 3 is 2.12 bits per heavy atom. The molecule has 2 heterocycles. The molecule has 2 aromatic heterocycles. The van der Waals surface area contributed by atoms with E-state index in [1.807, 2.05) is 80.8 Å². The first-order valence-electron chi connectivity index (χ1n) is 7.53. The van der Waals surface area contributed by atoms with Crippen LogP contribution >= 0.6 is 0 Å². The van der Waals surface area contributed by atoms with Crippen molar-refractivity contribution in [3.63, 3.8) is 0 Å². The molecule has 0 aliphatic rings. The molecular weight excluding hydrogens is 560 g/mol. The first-order valence-corrected chi connectivity index (χ1v) is 7.53. The van der Waals surface area contributed by atoms with Crippen molar-refractivity contribution < 1.29 is 71.8 Å². The van der Waals surface area contributed by atoms with Gasteiger partial charge in [-0.05, 0) is 26.8 Å². The van der Waals surface area contributed by atoms with Crippen molar-refractivity contribution >= 4 is 12.2 Å². The second kappa shape index (κ2) is 13.0. The third-order valence-electron chi connectivity index (χ3n) is 2.90. The zero-order chi connectivity index (χ0) is 18.2. The predicted octanol–water partition coefficient (Wildman–Crippen LogP) is -4.21. The first-order chi connectivity index (χ1) is 11.2. The maximum Gasteiger partial charge on any atom is 0.339 e. The number of aryl methyl sites for hydroxylation is 2. The van der Waals surface area contributed by atoms with E-state index in [1.54, 1.807) is 12.1 Å². The van der Waals surface area contributed by atoms with Crippen LogP contribution in [0, 0.1) is 0 Å². The van der Waals surface area contributed by atoms with Gasteiger partial charge >= 0.3 is 5.97 Å². The van der Waals surface area contributed by atoms with Crippen molar-refractivity contribution in [1.82, 2.24) is 0 Å². The quantitative estimate of drug-likeness (QED) is 0.0972. The summed E-state index contributed by atoms with van der Waals surface area (Å²) in [6.07, 6.45) is 6.91. The molecule has 6 nitrogen and oxygen atoms in total. The fourth-order valence-electron chi connectivity index (χ4n) is 1.70. The minimum atomic E-state index is -0.435. The summed E-state index contributed by atoms with van der Waals surface area (Å²) >= 11 is 0. The van der Waals surface area contributed by atoms with E-state index in [9.17, 15) is 4.79 Å². The third-order valence-corrected chi connectivity index (χ3v) is 2.90. The van der Waals surface area contributed by atoms with E-state index >= 15 is 0 Å². The highest BCUT2D eigenvalue weighted by Gasteiger charge is 2.18. The Hall–Kier alpha value is -1.30. The standard InChI is InChI=1S/C11H16NO2.C7H8N2O.2HI/c1-11(2,3)14-10(13)9-5-7-12(4)8-6-9;1-9-5-3-2-4-7(9)6-8-10;;/h5-8H,1-4H3;2-6H,1H3;2*1H/q+1;;;/p-1. The van der Waals surface area contributed by atoms with Gasteiger partial charge in [-0.15, -0.1) is 0 Å². The van der Waals surface area contributed by atoms with Gasteiger partial charge in [0.25, 0.3) is 0 Å². The molecule has 2 rings (SSSR count). The van der Waals surface area contributed by atoms with E-state index < -0.39 is 5.60 Å². The fourth-order valence-corrected chi connectivity index (χ4v) is 1.70. The van der Waals surface area contributed by atoms with Crippen molar-refractivity contribution in [2.24, 2.45) is 19.3 Å². The number of pyridine rings is 2. The maximum atomic E-state index is 11.5. The lowest BCUT2D eigenvalue weighted by Crippen LogP contribution is -3.00. The van der Waals surface area contributed by atoms with Gasteiger partial charge in [0, 0.05) is 24.3 Å². The highest BCUT2D eigenvalue weighted by Crippen LogP contribution is 2.10. The van der Waals surface area contributed by atoms with Crippen LogP contribution in [0.2, 0.25) is 0 Å². The molecule has 0 saturated heterocycles. The number of oxime groups is 1. The van der Waals surface area contributed by atoms with Gasteiger partial charge in [0.05, 0.1) is 5.56 Å². The van der Waals surface area contributed by atoms with Gasteiger partial charge in [0.2, 0.25) is 5.69 Å². The molecule has 0 radical (unpaired) electrons. The second-order valence-electron chi connectivity index (χ2n) is 6.24. The number of esters is 1. The van der Waals surface area contributed by atoms with Gasteiger partial charge in [0.1, 0.15) is 25.9 Å². The number of aromatic nitrogens is 2. The number of carbonyl (C=O) groups is 1. The Kier molecular flexibility index (Phi) is 13.4. The molecule has 0 aliphatic heterocycles. The van der Waals surface area contributed by atoms with Gasteiger partial charge in [-0.1, -0.05) is 5.16 Å². The monoisotopic (exact) mass is 585 g/mol. The molecule has 0 spiro atoms. The van der Waals surface area contributed by atoms with Crippen LogP contribution in [0.15, 0.2) is 54.1 Å². The number of nitrogens with zero attached hydrogens (tertiary/aromatic N) is 3. The Morgan fingerprint density at radius 2 is 1.65 bits per heavy atom. The summed E-state index contributed by atoms with van der Waals surface area (Å²) in [5.41, 5.74) is 1.01.